The van der Waals surface area contributed by atoms with Crippen molar-refractivity contribution in [1.82, 2.24) is 0 Å². The van der Waals surface area contributed by atoms with Gasteiger partial charge < -0.3 is 0 Å². The second-order valence-corrected chi connectivity index (χ2v) is 7.06. The first-order chi connectivity index (χ1) is 11.8. The molecule has 1 fully saturated rings. The molecule has 0 unspecified atom stereocenters. The van der Waals surface area contributed by atoms with Crippen molar-refractivity contribution in [3.05, 3.63) is 41.0 Å². The van der Waals surface area contributed by atoms with Crippen molar-refractivity contribution in [3.8, 4) is 0 Å². The van der Waals surface area contributed by atoms with Crippen molar-refractivity contribution in [1.29, 1.82) is 0 Å². The van der Waals surface area contributed by atoms with Crippen LogP contribution in [0.2, 0.25) is 0 Å². The van der Waals surface area contributed by atoms with Gasteiger partial charge in [0, 0.05) is 11.6 Å². The van der Waals surface area contributed by atoms with Gasteiger partial charge in [0.25, 0.3) is 0 Å². The lowest BCUT2D eigenvalue weighted by atomic mass is 9.78. The van der Waals surface area contributed by atoms with Gasteiger partial charge in [0.15, 0.2) is 0 Å². The summed E-state index contributed by atoms with van der Waals surface area (Å²) >= 11 is 0. The SMILES string of the molecule is CCCC1CCC(CCc2cc(F)c(/C=C/C(F)(F)F)c(F)c2)CC1. The van der Waals surface area contributed by atoms with E-state index in [0.717, 1.165) is 37.3 Å². The van der Waals surface area contributed by atoms with Crippen LogP contribution in [0.3, 0.4) is 0 Å². The van der Waals surface area contributed by atoms with Gasteiger partial charge in [0.1, 0.15) is 11.6 Å². The Labute approximate surface area is 146 Å². The predicted octanol–water partition coefficient (Wildman–Crippen LogP) is 7.08. The normalized spacial score (nSPS) is 21.8. The average molecular weight is 360 g/mol. The molecular formula is C20H25F5. The van der Waals surface area contributed by atoms with Crippen LogP contribution in [0.1, 0.15) is 63.0 Å². The Kier molecular flexibility index (Phi) is 7.03. The number of halogens is 5. The van der Waals surface area contributed by atoms with E-state index in [0.29, 0.717) is 24.0 Å². The summed E-state index contributed by atoms with van der Waals surface area (Å²) in [6.45, 7) is 2.20. The molecular weight excluding hydrogens is 335 g/mol. The molecule has 0 N–H and O–H groups in total. The monoisotopic (exact) mass is 360 g/mol. The van der Waals surface area contributed by atoms with Gasteiger partial charge in [-0.1, -0.05) is 45.4 Å². The van der Waals surface area contributed by atoms with Crippen LogP contribution < -0.4 is 0 Å². The van der Waals surface area contributed by atoms with E-state index in [1.165, 1.54) is 25.7 Å². The fourth-order valence-electron chi connectivity index (χ4n) is 3.71. The molecule has 0 nitrogen and oxygen atoms in total. The molecule has 0 bridgehead atoms. The molecule has 1 aromatic rings. The smallest absolute Gasteiger partial charge is 0.206 e. The number of benzene rings is 1. The molecule has 25 heavy (non-hydrogen) atoms. The summed E-state index contributed by atoms with van der Waals surface area (Å²) in [6, 6.07) is 2.31. The van der Waals surface area contributed by atoms with E-state index >= 15 is 0 Å². The minimum Gasteiger partial charge on any atom is -0.206 e. The molecule has 1 aromatic carbocycles. The minimum absolute atomic E-state index is 0.150. The molecule has 0 radical (unpaired) electrons. The van der Waals surface area contributed by atoms with Crippen molar-refractivity contribution in [2.24, 2.45) is 11.8 Å². The van der Waals surface area contributed by atoms with Gasteiger partial charge in [-0.05, 0) is 48.4 Å². The standard InChI is InChI=1S/C20H25F5/c1-2-3-14-4-6-15(7-5-14)8-9-16-12-18(21)17(19(22)13-16)10-11-20(23,24)25/h10-15H,2-9H2,1H3/b11-10+. The third kappa shape index (κ3) is 6.44. The number of aryl methyl sites for hydroxylation is 1. The first kappa shape index (κ1) is 19.9. The summed E-state index contributed by atoms with van der Waals surface area (Å²) in [5.41, 5.74) is -0.129. The van der Waals surface area contributed by atoms with Gasteiger partial charge in [0.2, 0.25) is 0 Å². The van der Waals surface area contributed by atoms with Crippen molar-refractivity contribution in [2.75, 3.05) is 0 Å². The maximum absolute atomic E-state index is 13.9. The molecule has 0 heterocycles. The van der Waals surface area contributed by atoms with Crippen molar-refractivity contribution in [2.45, 2.75) is 64.5 Å². The number of allylic oxidation sites excluding steroid dienone is 1. The molecule has 0 amide bonds. The Hall–Kier alpha value is -1.39. The Balaban J connectivity index is 1.92. The molecule has 5 heteroatoms. The lowest BCUT2D eigenvalue weighted by Gasteiger charge is -2.28. The first-order valence-corrected chi connectivity index (χ1v) is 9.02. The highest BCUT2D eigenvalue weighted by Crippen LogP contribution is 2.34. The van der Waals surface area contributed by atoms with Crippen LogP contribution in [0.25, 0.3) is 6.08 Å². The zero-order valence-corrected chi connectivity index (χ0v) is 14.5. The van der Waals surface area contributed by atoms with Crippen LogP contribution in [0.5, 0.6) is 0 Å². The number of hydrogen-bond donors (Lipinski definition) is 0. The second kappa shape index (κ2) is 8.81. The molecule has 2 rings (SSSR count). The van der Waals surface area contributed by atoms with Crippen molar-refractivity contribution >= 4 is 6.08 Å². The van der Waals surface area contributed by atoms with E-state index in [1.54, 1.807) is 0 Å². The molecule has 1 aliphatic rings. The quantitative estimate of drug-likeness (QED) is 0.476. The van der Waals surface area contributed by atoms with Crippen LogP contribution >= 0.6 is 0 Å². The molecule has 0 saturated heterocycles. The number of alkyl halides is 3. The third-order valence-corrected chi connectivity index (χ3v) is 5.08. The van der Waals surface area contributed by atoms with Crippen LogP contribution in [0.4, 0.5) is 22.0 Å². The topological polar surface area (TPSA) is 0 Å². The Morgan fingerprint density at radius 3 is 1.96 bits per heavy atom. The van der Waals surface area contributed by atoms with Gasteiger partial charge in [0.05, 0.1) is 0 Å². The fraction of sp³-hybridized carbons (Fsp3) is 0.600. The lowest BCUT2D eigenvalue weighted by molar-refractivity contribution is -0.0790. The largest absolute Gasteiger partial charge is 0.409 e. The molecule has 1 saturated carbocycles. The zero-order chi connectivity index (χ0) is 18.4. The molecule has 1 aliphatic carbocycles. The molecule has 0 atom stereocenters. The summed E-state index contributed by atoms with van der Waals surface area (Å²) in [6.07, 6.45) is 4.38. The summed E-state index contributed by atoms with van der Waals surface area (Å²) in [5, 5.41) is 0. The molecule has 0 spiro atoms. The van der Waals surface area contributed by atoms with Gasteiger partial charge >= 0.3 is 6.18 Å². The average Bonchev–Trinajstić information content (AvgIpc) is 2.52. The molecule has 140 valence electrons. The minimum atomic E-state index is -4.59. The Morgan fingerprint density at radius 1 is 0.960 bits per heavy atom. The van der Waals surface area contributed by atoms with E-state index in [2.05, 4.69) is 6.92 Å². The highest BCUT2D eigenvalue weighted by molar-refractivity contribution is 5.52. The van der Waals surface area contributed by atoms with Gasteiger partial charge in [-0.15, -0.1) is 0 Å². The van der Waals surface area contributed by atoms with Gasteiger partial charge in [-0.2, -0.15) is 13.2 Å². The zero-order valence-electron chi connectivity index (χ0n) is 14.5. The van der Waals surface area contributed by atoms with E-state index in [-0.39, 0.29) is 6.08 Å². The van der Waals surface area contributed by atoms with Crippen LogP contribution in [-0.4, -0.2) is 6.18 Å². The maximum Gasteiger partial charge on any atom is 0.409 e. The highest BCUT2D eigenvalue weighted by Gasteiger charge is 2.23. The lowest BCUT2D eigenvalue weighted by Crippen LogP contribution is -2.15. The van der Waals surface area contributed by atoms with E-state index in [1.807, 2.05) is 0 Å². The van der Waals surface area contributed by atoms with Crippen LogP contribution in [-0.2, 0) is 6.42 Å². The van der Waals surface area contributed by atoms with Gasteiger partial charge in [-0.3, -0.25) is 0 Å². The third-order valence-electron chi connectivity index (χ3n) is 5.08. The maximum atomic E-state index is 13.9. The van der Waals surface area contributed by atoms with Crippen molar-refractivity contribution < 1.29 is 22.0 Å². The van der Waals surface area contributed by atoms with E-state index in [9.17, 15) is 22.0 Å². The summed E-state index contributed by atoms with van der Waals surface area (Å²) in [7, 11) is 0. The predicted molar refractivity (Wildman–Crippen MR) is 90.1 cm³/mol. The summed E-state index contributed by atoms with van der Waals surface area (Å²) in [5.74, 6) is -0.496. The Morgan fingerprint density at radius 2 is 1.48 bits per heavy atom. The molecule has 0 aromatic heterocycles. The Bertz CT molecular complexity index is 557. The summed E-state index contributed by atoms with van der Waals surface area (Å²) in [4.78, 5) is 0. The fourth-order valence-corrected chi connectivity index (χ4v) is 3.71. The van der Waals surface area contributed by atoms with Crippen molar-refractivity contribution in [3.63, 3.8) is 0 Å². The highest BCUT2D eigenvalue weighted by atomic mass is 19.4. The summed E-state index contributed by atoms with van der Waals surface area (Å²) < 4.78 is 64.3. The van der Waals surface area contributed by atoms with Gasteiger partial charge in [-0.25, -0.2) is 8.78 Å². The number of hydrogen-bond acceptors (Lipinski definition) is 0. The molecule has 0 aliphatic heterocycles. The second-order valence-electron chi connectivity index (χ2n) is 7.06. The van der Waals surface area contributed by atoms with E-state index in [4.69, 9.17) is 0 Å². The first-order valence-electron chi connectivity index (χ1n) is 9.02. The number of rotatable bonds is 6. The van der Waals surface area contributed by atoms with E-state index < -0.39 is 23.4 Å². The van der Waals surface area contributed by atoms with Crippen LogP contribution in [0.15, 0.2) is 18.2 Å². The van der Waals surface area contributed by atoms with Crippen LogP contribution in [0, 0.1) is 23.5 Å².